The van der Waals surface area contributed by atoms with Gasteiger partial charge in [0.2, 0.25) is 0 Å². The van der Waals surface area contributed by atoms with Crippen LogP contribution in [0, 0.1) is 23.2 Å². The standard InChI is InChI=1S/C20H26O2.C2H6/c1-12-3-8-18-17-7-4-13-11-14(19(21)22)5-6-15(13)16(17)9-10-20(12,18)2;1-2/h5-6,11-12,16-18H,3-4,7-10H2,1-2H3,(H,21,22);1-2H3/t12-,16?,17?,18?,20+;/m0./s1. The van der Waals surface area contributed by atoms with Crippen LogP contribution in [0.15, 0.2) is 18.2 Å². The fourth-order valence-corrected chi connectivity index (χ4v) is 5.98. The molecule has 132 valence electrons. The molecular weight excluding hydrogens is 296 g/mol. The van der Waals surface area contributed by atoms with E-state index in [2.05, 4.69) is 19.9 Å². The molecule has 0 radical (unpaired) electrons. The van der Waals surface area contributed by atoms with E-state index in [-0.39, 0.29) is 0 Å². The molecule has 2 heteroatoms. The molecule has 0 bridgehead atoms. The van der Waals surface area contributed by atoms with Crippen LogP contribution in [0.4, 0.5) is 0 Å². The van der Waals surface area contributed by atoms with Crippen LogP contribution in [0.3, 0.4) is 0 Å². The van der Waals surface area contributed by atoms with Gasteiger partial charge in [-0.25, -0.2) is 4.79 Å². The number of aromatic carboxylic acids is 1. The van der Waals surface area contributed by atoms with E-state index in [0.717, 1.165) is 24.2 Å². The lowest BCUT2D eigenvalue weighted by molar-refractivity contribution is 0.0336. The van der Waals surface area contributed by atoms with Gasteiger partial charge in [0.25, 0.3) is 0 Å². The summed E-state index contributed by atoms with van der Waals surface area (Å²) in [6.07, 6.45) is 7.77. The number of aryl methyl sites for hydroxylation is 1. The highest BCUT2D eigenvalue weighted by atomic mass is 16.4. The van der Waals surface area contributed by atoms with Crippen LogP contribution in [-0.4, -0.2) is 11.1 Å². The normalized spacial score (nSPS) is 36.7. The summed E-state index contributed by atoms with van der Waals surface area (Å²) in [5.74, 6) is 2.45. The molecule has 2 saturated carbocycles. The van der Waals surface area contributed by atoms with Gasteiger partial charge >= 0.3 is 5.97 Å². The molecular formula is C22H32O2. The van der Waals surface area contributed by atoms with Crippen molar-refractivity contribution in [3.8, 4) is 0 Å². The number of carboxylic acid groups (broad SMARTS) is 1. The van der Waals surface area contributed by atoms with Crippen molar-refractivity contribution in [1.29, 1.82) is 0 Å². The topological polar surface area (TPSA) is 37.3 Å². The molecule has 4 rings (SSSR count). The molecule has 3 unspecified atom stereocenters. The maximum absolute atomic E-state index is 11.2. The number of benzene rings is 1. The lowest BCUT2D eigenvalue weighted by atomic mass is 9.54. The van der Waals surface area contributed by atoms with Crippen molar-refractivity contribution in [3.63, 3.8) is 0 Å². The molecule has 0 heterocycles. The third kappa shape index (κ3) is 2.59. The van der Waals surface area contributed by atoms with Gasteiger partial charge in [-0.15, -0.1) is 0 Å². The van der Waals surface area contributed by atoms with Crippen LogP contribution in [0.25, 0.3) is 0 Å². The van der Waals surface area contributed by atoms with Crippen LogP contribution in [0.2, 0.25) is 0 Å². The first-order valence-corrected chi connectivity index (χ1v) is 9.87. The van der Waals surface area contributed by atoms with Gasteiger partial charge in [0.05, 0.1) is 5.56 Å². The van der Waals surface area contributed by atoms with Gasteiger partial charge in [0.15, 0.2) is 0 Å². The Morgan fingerprint density at radius 1 is 1.17 bits per heavy atom. The average Bonchev–Trinajstić information content (AvgIpc) is 2.91. The van der Waals surface area contributed by atoms with Gasteiger partial charge in [-0.05, 0) is 90.9 Å². The number of carboxylic acids is 1. The molecule has 3 aliphatic rings. The SMILES string of the molecule is CC.C[C@H]1CCC2C3CCc4cc(C(=O)O)ccc4C3CC[C@@]21C. The van der Waals surface area contributed by atoms with Gasteiger partial charge < -0.3 is 5.11 Å². The molecule has 1 aromatic rings. The van der Waals surface area contributed by atoms with E-state index in [4.69, 9.17) is 0 Å². The monoisotopic (exact) mass is 328 g/mol. The van der Waals surface area contributed by atoms with Gasteiger partial charge in [-0.2, -0.15) is 0 Å². The van der Waals surface area contributed by atoms with Crippen molar-refractivity contribution >= 4 is 5.97 Å². The van der Waals surface area contributed by atoms with Crippen molar-refractivity contribution in [2.45, 2.75) is 72.1 Å². The summed E-state index contributed by atoms with van der Waals surface area (Å²) in [6, 6.07) is 5.87. The molecule has 24 heavy (non-hydrogen) atoms. The number of rotatable bonds is 1. The summed E-state index contributed by atoms with van der Waals surface area (Å²) in [4.78, 5) is 11.2. The second kappa shape index (κ2) is 6.54. The lowest BCUT2D eigenvalue weighted by Gasteiger charge is -2.50. The third-order valence-corrected chi connectivity index (χ3v) is 7.45. The molecule has 1 N–H and O–H groups in total. The highest BCUT2D eigenvalue weighted by molar-refractivity contribution is 5.88. The largest absolute Gasteiger partial charge is 0.478 e. The summed E-state index contributed by atoms with van der Waals surface area (Å²) in [6.45, 7) is 8.99. The minimum absolute atomic E-state index is 0.451. The number of fused-ring (bicyclic) bond motifs is 5. The lowest BCUT2D eigenvalue weighted by Crippen LogP contribution is -2.41. The van der Waals surface area contributed by atoms with Crippen LogP contribution in [0.1, 0.15) is 87.2 Å². The first kappa shape index (κ1) is 17.5. The Hall–Kier alpha value is -1.31. The molecule has 0 amide bonds. The first-order valence-electron chi connectivity index (χ1n) is 9.87. The Balaban J connectivity index is 0.000000815. The van der Waals surface area contributed by atoms with Gasteiger partial charge in [-0.1, -0.05) is 33.8 Å². The van der Waals surface area contributed by atoms with Crippen LogP contribution < -0.4 is 0 Å². The number of hydrogen-bond donors (Lipinski definition) is 1. The van der Waals surface area contributed by atoms with E-state index in [9.17, 15) is 9.90 Å². The molecule has 2 nitrogen and oxygen atoms in total. The molecule has 0 spiro atoms. The fraction of sp³-hybridized carbons (Fsp3) is 0.682. The number of hydrogen-bond acceptors (Lipinski definition) is 1. The second-order valence-corrected chi connectivity index (χ2v) is 8.16. The van der Waals surface area contributed by atoms with Crippen molar-refractivity contribution in [2.75, 3.05) is 0 Å². The van der Waals surface area contributed by atoms with E-state index in [0.29, 0.717) is 16.9 Å². The molecule has 0 aliphatic heterocycles. The highest BCUT2D eigenvalue weighted by Gasteiger charge is 2.53. The molecule has 5 atom stereocenters. The Morgan fingerprint density at radius 3 is 2.62 bits per heavy atom. The maximum Gasteiger partial charge on any atom is 0.335 e. The first-order chi connectivity index (χ1) is 11.5. The van der Waals surface area contributed by atoms with E-state index < -0.39 is 5.97 Å². The van der Waals surface area contributed by atoms with Gasteiger partial charge in [0, 0.05) is 0 Å². The van der Waals surface area contributed by atoms with Crippen molar-refractivity contribution in [2.24, 2.45) is 23.2 Å². The summed E-state index contributed by atoms with van der Waals surface area (Å²) >= 11 is 0. The van der Waals surface area contributed by atoms with Crippen LogP contribution >= 0.6 is 0 Å². The minimum Gasteiger partial charge on any atom is -0.478 e. The summed E-state index contributed by atoms with van der Waals surface area (Å²) < 4.78 is 0. The third-order valence-electron chi connectivity index (χ3n) is 7.45. The maximum atomic E-state index is 11.2. The Labute approximate surface area is 146 Å². The summed E-state index contributed by atoms with van der Waals surface area (Å²) in [5.41, 5.74) is 3.77. The Kier molecular flexibility index (Phi) is 4.77. The zero-order chi connectivity index (χ0) is 17.5. The van der Waals surface area contributed by atoms with Crippen molar-refractivity contribution in [1.82, 2.24) is 0 Å². The van der Waals surface area contributed by atoms with E-state index in [1.54, 1.807) is 0 Å². The van der Waals surface area contributed by atoms with Crippen LogP contribution in [-0.2, 0) is 6.42 Å². The molecule has 0 saturated heterocycles. The van der Waals surface area contributed by atoms with Gasteiger partial charge in [-0.3, -0.25) is 0 Å². The van der Waals surface area contributed by atoms with E-state index >= 15 is 0 Å². The Morgan fingerprint density at radius 2 is 1.92 bits per heavy atom. The number of carbonyl (C=O) groups is 1. The summed E-state index contributed by atoms with van der Waals surface area (Å²) in [5, 5.41) is 9.20. The zero-order valence-electron chi connectivity index (χ0n) is 15.6. The smallest absolute Gasteiger partial charge is 0.335 e. The van der Waals surface area contributed by atoms with E-state index in [1.165, 1.54) is 43.2 Å². The second-order valence-electron chi connectivity index (χ2n) is 8.16. The fourth-order valence-electron chi connectivity index (χ4n) is 5.98. The van der Waals surface area contributed by atoms with Crippen molar-refractivity contribution < 1.29 is 9.90 Å². The zero-order valence-corrected chi connectivity index (χ0v) is 15.6. The van der Waals surface area contributed by atoms with Crippen LogP contribution in [0.5, 0.6) is 0 Å². The Bertz CT molecular complexity index is 620. The highest BCUT2D eigenvalue weighted by Crippen LogP contribution is 2.62. The molecule has 0 aromatic heterocycles. The average molecular weight is 328 g/mol. The molecule has 3 aliphatic carbocycles. The van der Waals surface area contributed by atoms with Gasteiger partial charge in [0.1, 0.15) is 0 Å². The van der Waals surface area contributed by atoms with Crippen molar-refractivity contribution in [3.05, 3.63) is 34.9 Å². The molecule has 1 aromatic carbocycles. The minimum atomic E-state index is -0.800. The predicted molar refractivity (Wildman–Crippen MR) is 98.5 cm³/mol. The molecule has 2 fully saturated rings. The van der Waals surface area contributed by atoms with E-state index in [1.807, 2.05) is 26.0 Å². The summed E-state index contributed by atoms with van der Waals surface area (Å²) in [7, 11) is 0. The predicted octanol–water partition coefficient (Wildman–Crippen LogP) is 5.90. The quantitative estimate of drug-likeness (QED) is 0.696.